The summed E-state index contributed by atoms with van der Waals surface area (Å²) in [5, 5.41) is 0. The van der Waals surface area contributed by atoms with Gasteiger partial charge in [0.1, 0.15) is 5.82 Å². The molecule has 1 saturated heterocycles. The number of nitrogens with zero attached hydrogens (tertiary/aromatic N) is 3. The van der Waals surface area contributed by atoms with Gasteiger partial charge >= 0.3 is 0 Å². The number of pyridine rings is 1. The van der Waals surface area contributed by atoms with Crippen LogP contribution in [0.25, 0.3) is 0 Å². The topological polar surface area (TPSA) is 19.4 Å². The van der Waals surface area contributed by atoms with E-state index in [2.05, 4.69) is 43.0 Å². The lowest BCUT2D eigenvalue weighted by Crippen LogP contribution is -2.42. The van der Waals surface area contributed by atoms with Crippen molar-refractivity contribution < 1.29 is 0 Å². The summed E-state index contributed by atoms with van der Waals surface area (Å²) in [7, 11) is 2.75. The van der Waals surface area contributed by atoms with E-state index in [-0.39, 0.29) is 0 Å². The van der Waals surface area contributed by atoms with Crippen molar-refractivity contribution in [2.75, 3.05) is 31.1 Å². The van der Waals surface area contributed by atoms with Gasteiger partial charge in [-0.25, -0.2) is 4.98 Å². The summed E-state index contributed by atoms with van der Waals surface area (Å²) in [6.07, 6.45) is 1.93. The van der Waals surface area contributed by atoms with Crippen LogP contribution in [0.1, 0.15) is 5.56 Å². The summed E-state index contributed by atoms with van der Waals surface area (Å²) in [4.78, 5) is 6.76. The average molecular weight is 209 g/mol. The summed E-state index contributed by atoms with van der Waals surface area (Å²) in [5.74, 6) is 1.11. The van der Waals surface area contributed by atoms with E-state index in [4.69, 9.17) is 0 Å². The molecule has 1 aliphatic rings. The Morgan fingerprint density at radius 2 is 1.93 bits per heavy atom. The molecule has 0 aliphatic carbocycles. The number of rotatable bonds is 1. The highest BCUT2D eigenvalue weighted by Crippen LogP contribution is 2.14. The Hall–Kier alpha value is -0.660. The first-order valence-electron chi connectivity index (χ1n) is 4.93. The van der Waals surface area contributed by atoms with Gasteiger partial charge in [0.05, 0.1) is 0 Å². The van der Waals surface area contributed by atoms with Gasteiger partial charge in [-0.3, -0.25) is 4.67 Å². The van der Waals surface area contributed by atoms with Crippen LogP contribution >= 0.6 is 9.39 Å². The molecule has 0 radical (unpaired) electrons. The fourth-order valence-corrected chi connectivity index (χ4v) is 1.83. The molecule has 1 aromatic rings. The Bertz CT molecular complexity index is 291. The molecule has 1 aliphatic heterocycles. The van der Waals surface area contributed by atoms with Crippen LogP contribution in [-0.4, -0.2) is 35.8 Å². The van der Waals surface area contributed by atoms with Crippen LogP contribution in [0.15, 0.2) is 18.3 Å². The molecule has 0 spiro atoms. The standard InChI is InChI=1S/C10H16N3P/c1-9-2-3-10(11-8-9)12-4-6-13(14)7-5-12/h2-3,8H,4-7,14H2,1H3. The Balaban J connectivity index is 2.05. The molecular formula is C10H16N3P. The van der Waals surface area contributed by atoms with Gasteiger partial charge in [0.15, 0.2) is 0 Å². The van der Waals surface area contributed by atoms with E-state index in [1.165, 1.54) is 5.56 Å². The van der Waals surface area contributed by atoms with Gasteiger partial charge in [-0.05, 0) is 18.6 Å². The molecule has 4 heteroatoms. The lowest BCUT2D eigenvalue weighted by atomic mass is 10.3. The molecule has 1 unspecified atom stereocenters. The third kappa shape index (κ3) is 2.23. The average Bonchev–Trinajstić information content (AvgIpc) is 2.21. The lowest BCUT2D eigenvalue weighted by molar-refractivity contribution is 0.427. The number of anilines is 1. The molecule has 2 rings (SSSR count). The zero-order valence-electron chi connectivity index (χ0n) is 8.48. The molecule has 1 aromatic heterocycles. The maximum Gasteiger partial charge on any atom is 0.128 e. The van der Waals surface area contributed by atoms with Crippen molar-refractivity contribution in [1.29, 1.82) is 0 Å². The summed E-state index contributed by atoms with van der Waals surface area (Å²) in [5.41, 5.74) is 1.22. The van der Waals surface area contributed by atoms with Crippen LogP contribution in [0.2, 0.25) is 0 Å². The first-order valence-corrected chi connectivity index (χ1v) is 5.44. The summed E-state index contributed by atoms with van der Waals surface area (Å²) in [6.45, 7) is 6.40. The van der Waals surface area contributed by atoms with E-state index in [9.17, 15) is 0 Å². The van der Waals surface area contributed by atoms with Crippen LogP contribution in [0.4, 0.5) is 5.82 Å². The largest absolute Gasteiger partial charge is 0.354 e. The Kier molecular flexibility index (Phi) is 2.99. The highest BCUT2D eigenvalue weighted by Gasteiger charge is 2.14. The first kappa shape index (κ1) is 9.88. The summed E-state index contributed by atoms with van der Waals surface area (Å²) >= 11 is 0. The Morgan fingerprint density at radius 3 is 2.50 bits per heavy atom. The normalized spacial score (nSPS) is 18.6. The molecular weight excluding hydrogens is 193 g/mol. The molecule has 0 aromatic carbocycles. The minimum Gasteiger partial charge on any atom is -0.354 e. The number of aryl methyl sites for hydroxylation is 1. The minimum absolute atomic E-state index is 1.07. The highest BCUT2D eigenvalue weighted by atomic mass is 31.0. The monoisotopic (exact) mass is 209 g/mol. The Morgan fingerprint density at radius 1 is 1.21 bits per heavy atom. The van der Waals surface area contributed by atoms with E-state index in [1.54, 1.807) is 0 Å². The summed E-state index contributed by atoms with van der Waals surface area (Å²) < 4.78 is 2.27. The third-order valence-corrected chi connectivity index (χ3v) is 3.05. The quantitative estimate of drug-likeness (QED) is 0.650. The van der Waals surface area contributed by atoms with Gasteiger partial charge in [0.25, 0.3) is 0 Å². The fraction of sp³-hybridized carbons (Fsp3) is 0.500. The van der Waals surface area contributed by atoms with Crippen molar-refractivity contribution in [2.24, 2.45) is 0 Å². The minimum atomic E-state index is 1.07. The third-order valence-electron chi connectivity index (χ3n) is 2.53. The number of hydrogen-bond acceptors (Lipinski definition) is 3. The maximum absolute atomic E-state index is 4.43. The Labute approximate surface area is 87.4 Å². The number of aromatic nitrogens is 1. The molecule has 0 amide bonds. The van der Waals surface area contributed by atoms with Gasteiger partial charge in [-0.1, -0.05) is 15.5 Å². The molecule has 76 valence electrons. The van der Waals surface area contributed by atoms with E-state index >= 15 is 0 Å². The molecule has 1 atom stereocenters. The van der Waals surface area contributed by atoms with E-state index in [0.717, 1.165) is 32.0 Å². The maximum atomic E-state index is 4.43. The van der Waals surface area contributed by atoms with Gasteiger partial charge in [0, 0.05) is 32.4 Å². The van der Waals surface area contributed by atoms with Crippen molar-refractivity contribution in [2.45, 2.75) is 6.92 Å². The van der Waals surface area contributed by atoms with Crippen molar-refractivity contribution in [1.82, 2.24) is 9.65 Å². The zero-order valence-corrected chi connectivity index (χ0v) is 9.63. The van der Waals surface area contributed by atoms with Gasteiger partial charge in [-0.15, -0.1) is 0 Å². The van der Waals surface area contributed by atoms with Gasteiger partial charge in [0.2, 0.25) is 0 Å². The van der Waals surface area contributed by atoms with Crippen LogP contribution in [-0.2, 0) is 0 Å². The van der Waals surface area contributed by atoms with Crippen LogP contribution < -0.4 is 4.90 Å². The van der Waals surface area contributed by atoms with E-state index < -0.39 is 0 Å². The molecule has 0 bridgehead atoms. The fourth-order valence-electron chi connectivity index (χ4n) is 1.60. The second kappa shape index (κ2) is 4.24. The molecule has 14 heavy (non-hydrogen) atoms. The van der Waals surface area contributed by atoms with Crippen LogP contribution in [0, 0.1) is 6.92 Å². The van der Waals surface area contributed by atoms with Crippen molar-refractivity contribution in [3.8, 4) is 0 Å². The molecule has 2 heterocycles. The molecule has 3 nitrogen and oxygen atoms in total. The van der Waals surface area contributed by atoms with E-state index in [1.807, 2.05) is 6.20 Å². The van der Waals surface area contributed by atoms with Gasteiger partial charge in [-0.2, -0.15) is 0 Å². The van der Waals surface area contributed by atoms with Gasteiger partial charge < -0.3 is 4.90 Å². The van der Waals surface area contributed by atoms with Crippen molar-refractivity contribution in [3.05, 3.63) is 23.9 Å². The second-order valence-electron chi connectivity index (χ2n) is 3.72. The van der Waals surface area contributed by atoms with E-state index in [0.29, 0.717) is 0 Å². The number of piperazine rings is 1. The molecule has 0 saturated carbocycles. The van der Waals surface area contributed by atoms with Crippen LogP contribution in [0.5, 0.6) is 0 Å². The first-order chi connectivity index (χ1) is 6.75. The molecule has 1 fully saturated rings. The highest BCUT2D eigenvalue weighted by molar-refractivity contribution is 7.13. The van der Waals surface area contributed by atoms with Crippen LogP contribution in [0.3, 0.4) is 0 Å². The molecule has 0 N–H and O–H groups in total. The predicted molar refractivity (Wildman–Crippen MR) is 62.5 cm³/mol. The summed E-state index contributed by atoms with van der Waals surface area (Å²) in [6, 6.07) is 4.23. The smallest absolute Gasteiger partial charge is 0.128 e. The SMILES string of the molecule is Cc1ccc(N2CCN(P)CC2)nc1. The second-order valence-corrected chi connectivity index (χ2v) is 4.45. The lowest BCUT2D eigenvalue weighted by Gasteiger charge is -2.32. The predicted octanol–water partition coefficient (Wildman–Crippen LogP) is 1.30. The zero-order chi connectivity index (χ0) is 9.97. The van der Waals surface area contributed by atoms with Crippen molar-refractivity contribution >= 4 is 15.2 Å². The van der Waals surface area contributed by atoms with Crippen molar-refractivity contribution in [3.63, 3.8) is 0 Å². The number of hydrogen-bond donors (Lipinski definition) is 0.